The molecule has 0 radical (unpaired) electrons. The Kier molecular flexibility index (Phi) is 6.43. The molecule has 1 heterocycles. The quantitative estimate of drug-likeness (QED) is 0.536. The van der Waals surface area contributed by atoms with Crippen LogP contribution in [0.5, 0.6) is 5.75 Å². The van der Waals surface area contributed by atoms with Crippen LogP contribution in [0.3, 0.4) is 0 Å². The molecular formula is C21H23N5O3S. The summed E-state index contributed by atoms with van der Waals surface area (Å²) in [6.45, 7) is 3.48. The molecule has 2 aromatic carbocycles. The minimum atomic E-state index is -3.62. The van der Waals surface area contributed by atoms with Gasteiger partial charge in [-0.25, -0.2) is 18.1 Å². The summed E-state index contributed by atoms with van der Waals surface area (Å²) in [5.41, 5.74) is 2.06. The van der Waals surface area contributed by atoms with Gasteiger partial charge >= 0.3 is 0 Å². The minimum Gasteiger partial charge on any atom is -0.506 e. The van der Waals surface area contributed by atoms with Crippen molar-refractivity contribution in [2.75, 3.05) is 11.9 Å². The number of hydrogen-bond acceptors (Lipinski definition) is 7. The van der Waals surface area contributed by atoms with E-state index in [1.54, 1.807) is 26.0 Å². The number of para-hydroxylation sites is 1. The van der Waals surface area contributed by atoms with Crippen LogP contribution < -0.4 is 9.62 Å². The fourth-order valence-corrected chi connectivity index (χ4v) is 3.88. The molecule has 9 heteroatoms. The van der Waals surface area contributed by atoms with E-state index >= 15 is 0 Å². The SMILES string of the molecule is CC(C)NS(=O)(=O)c1ccc(N=Nc2ccc(N(C)c3ccccc3)cc2O)nc1. The molecule has 3 rings (SSSR count). The standard InChI is InChI=1S/C21H23N5O3S/c1-15(2)25-30(28,29)18-10-12-21(22-14-18)24-23-19-11-9-17(13-20(19)27)26(3)16-7-5-4-6-8-16/h4-15,25,27H,1-3H3. The summed E-state index contributed by atoms with van der Waals surface area (Å²) in [6.07, 6.45) is 1.22. The predicted molar refractivity (Wildman–Crippen MR) is 116 cm³/mol. The Balaban J connectivity index is 1.75. The van der Waals surface area contributed by atoms with Crippen molar-refractivity contribution in [3.8, 4) is 5.75 Å². The van der Waals surface area contributed by atoms with Crippen LogP contribution in [0.4, 0.5) is 22.9 Å². The number of anilines is 2. The number of nitrogens with one attached hydrogen (secondary N) is 1. The van der Waals surface area contributed by atoms with E-state index in [-0.39, 0.29) is 28.2 Å². The highest BCUT2D eigenvalue weighted by Crippen LogP contribution is 2.34. The topological polar surface area (TPSA) is 107 Å². The highest BCUT2D eigenvalue weighted by atomic mass is 32.2. The number of benzene rings is 2. The first-order valence-corrected chi connectivity index (χ1v) is 10.8. The molecular weight excluding hydrogens is 402 g/mol. The van der Waals surface area contributed by atoms with Gasteiger partial charge in [-0.3, -0.25) is 0 Å². The van der Waals surface area contributed by atoms with Gasteiger partial charge in [-0.2, -0.15) is 0 Å². The third-order valence-electron chi connectivity index (χ3n) is 4.17. The van der Waals surface area contributed by atoms with Gasteiger partial charge in [-0.05, 0) is 50.2 Å². The molecule has 3 aromatic rings. The molecule has 0 amide bonds. The zero-order chi connectivity index (χ0) is 21.7. The summed E-state index contributed by atoms with van der Waals surface area (Å²) in [4.78, 5) is 6.00. The zero-order valence-corrected chi connectivity index (χ0v) is 17.7. The van der Waals surface area contributed by atoms with Crippen LogP contribution in [-0.2, 0) is 10.0 Å². The number of phenolic OH excluding ortho intramolecular Hbond substituents is 1. The molecule has 8 nitrogen and oxygen atoms in total. The van der Waals surface area contributed by atoms with Crippen LogP contribution in [0, 0.1) is 0 Å². The van der Waals surface area contributed by atoms with E-state index in [4.69, 9.17) is 0 Å². The number of sulfonamides is 1. The van der Waals surface area contributed by atoms with Crippen molar-refractivity contribution in [3.05, 3.63) is 66.9 Å². The van der Waals surface area contributed by atoms with E-state index in [1.807, 2.05) is 48.3 Å². The van der Waals surface area contributed by atoms with Crippen molar-refractivity contribution in [3.63, 3.8) is 0 Å². The number of azo groups is 1. The molecule has 0 aliphatic carbocycles. The van der Waals surface area contributed by atoms with Crippen molar-refractivity contribution in [1.29, 1.82) is 0 Å². The van der Waals surface area contributed by atoms with Crippen LogP contribution in [0.1, 0.15) is 13.8 Å². The zero-order valence-electron chi connectivity index (χ0n) is 16.9. The van der Waals surface area contributed by atoms with Crippen LogP contribution in [-0.4, -0.2) is 31.6 Å². The third kappa shape index (κ3) is 5.19. The second-order valence-corrected chi connectivity index (χ2v) is 8.61. The molecule has 0 aliphatic rings. The van der Waals surface area contributed by atoms with E-state index in [0.717, 1.165) is 11.4 Å². The molecule has 0 fully saturated rings. The largest absolute Gasteiger partial charge is 0.506 e. The average Bonchev–Trinajstić information content (AvgIpc) is 2.72. The van der Waals surface area contributed by atoms with E-state index in [0.29, 0.717) is 0 Å². The van der Waals surface area contributed by atoms with Crippen LogP contribution in [0.15, 0.2) is 82.0 Å². The molecule has 0 unspecified atom stereocenters. The lowest BCUT2D eigenvalue weighted by atomic mass is 10.2. The van der Waals surface area contributed by atoms with Gasteiger partial charge in [0.05, 0.1) is 0 Å². The van der Waals surface area contributed by atoms with Gasteiger partial charge in [0.25, 0.3) is 0 Å². The van der Waals surface area contributed by atoms with Crippen molar-refractivity contribution >= 4 is 32.9 Å². The number of phenols is 1. The van der Waals surface area contributed by atoms with Gasteiger partial charge in [0, 0.05) is 36.7 Å². The van der Waals surface area contributed by atoms with Gasteiger partial charge in [0.1, 0.15) is 16.3 Å². The van der Waals surface area contributed by atoms with Crippen molar-refractivity contribution in [2.24, 2.45) is 10.2 Å². The molecule has 0 saturated heterocycles. The van der Waals surface area contributed by atoms with E-state index in [2.05, 4.69) is 19.9 Å². The number of aromatic hydroxyl groups is 1. The Hall–Kier alpha value is -3.30. The van der Waals surface area contributed by atoms with Gasteiger partial charge in [-0.1, -0.05) is 18.2 Å². The smallest absolute Gasteiger partial charge is 0.242 e. The second-order valence-electron chi connectivity index (χ2n) is 6.90. The van der Waals surface area contributed by atoms with Gasteiger partial charge in [0.2, 0.25) is 10.0 Å². The van der Waals surface area contributed by atoms with Crippen molar-refractivity contribution < 1.29 is 13.5 Å². The maximum Gasteiger partial charge on any atom is 0.242 e. The van der Waals surface area contributed by atoms with Gasteiger partial charge < -0.3 is 10.0 Å². The maximum atomic E-state index is 12.1. The first-order valence-electron chi connectivity index (χ1n) is 9.28. The lowest BCUT2D eigenvalue weighted by molar-refractivity contribution is 0.476. The molecule has 0 bridgehead atoms. The normalized spacial score (nSPS) is 11.9. The van der Waals surface area contributed by atoms with Crippen molar-refractivity contribution in [1.82, 2.24) is 9.71 Å². The Labute approximate surface area is 176 Å². The van der Waals surface area contributed by atoms with Crippen LogP contribution in [0.2, 0.25) is 0 Å². The summed E-state index contributed by atoms with van der Waals surface area (Å²) in [6, 6.07) is 17.5. The van der Waals surface area contributed by atoms with Gasteiger partial charge in [0.15, 0.2) is 5.82 Å². The first kappa shape index (κ1) is 21.4. The molecule has 156 valence electrons. The van der Waals surface area contributed by atoms with Crippen LogP contribution >= 0.6 is 0 Å². The molecule has 0 saturated carbocycles. The number of hydrogen-bond donors (Lipinski definition) is 2. The second kappa shape index (κ2) is 9.02. The molecule has 1 aromatic heterocycles. The Bertz CT molecular complexity index is 1130. The summed E-state index contributed by atoms with van der Waals surface area (Å²) < 4.78 is 26.7. The summed E-state index contributed by atoms with van der Waals surface area (Å²) in [5.74, 6) is 0.197. The number of pyridine rings is 1. The molecule has 30 heavy (non-hydrogen) atoms. The highest BCUT2D eigenvalue weighted by Gasteiger charge is 2.15. The molecule has 0 spiro atoms. The molecule has 0 atom stereocenters. The summed E-state index contributed by atoms with van der Waals surface area (Å²) >= 11 is 0. The Morgan fingerprint density at radius 1 is 1.00 bits per heavy atom. The van der Waals surface area contributed by atoms with Gasteiger partial charge in [-0.15, -0.1) is 10.2 Å². The Morgan fingerprint density at radius 3 is 2.33 bits per heavy atom. The number of nitrogens with zero attached hydrogens (tertiary/aromatic N) is 4. The van der Waals surface area contributed by atoms with E-state index in [9.17, 15) is 13.5 Å². The fraction of sp³-hybridized carbons (Fsp3) is 0.190. The third-order valence-corrected chi connectivity index (χ3v) is 5.82. The lowest BCUT2D eigenvalue weighted by Crippen LogP contribution is -2.30. The van der Waals surface area contributed by atoms with E-state index in [1.165, 1.54) is 18.3 Å². The van der Waals surface area contributed by atoms with Crippen molar-refractivity contribution in [2.45, 2.75) is 24.8 Å². The van der Waals surface area contributed by atoms with E-state index < -0.39 is 10.0 Å². The Morgan fingerprint density at radius 2 is 1.73 bits per heavy atom. The summed E-state index contributed by atoms with van der Waals surface area (Å²) in [5, 5.41) is 18.3. The maximum absolute atomic E-state index is 12.1. The van der Waals surface area contributed by atoms with Crippen LogP contribution in [0.25, 0.3) is 0 Å². The predicted octanol–water partition coefficient (Wildman–Crippen LogP) is 4.66. The number of aromatic nitrogens is 1. The molecule has 0 aliphatic heterocycles. The highest BCUT2D eigenvalue weighted by molar-refractivity contribution is 7.89. The lowest BCUT2D eigenvalue weighted by Gasteiger charge is -2.19. The number of rotatable bonds is 7. The average molecular weight is 426 g/mol. The summed E-state index contributed by atoms with van der Waals surface area (Å²) in [7, 11) is -1.71. The first-order chi connectivity index (χ1) is 14.3. The fourth-order valence-electron chi connectivity index (χ4n) is 2.68. The monoisotopic (exact) mass is 425 g/mol. The minimum absolute atomic E-state index is 0.0284. The molecule has 2 N–H and O–H groups in total.